The SMILES string of the molecule is COc1ccc(/C=C2\Oc3cc(OCc4c(F)c(F)c(F)c(F)c4F)ccc3C2=O)cc1. The van der Waals surface area contributed by atoms with Gasteiger partial charge < -0.3 is 14.2 Å². The summed E-state index contributed by atoms with van der Waals surface area (Å²) in [6, 6.07) is 10.9. The number of benzene rings is 3. The molecule has 0 spiro atoms. The van der Waals surface area contributed by atoms with Gasteiger partial charge in [0.05, 0.1) is 18.2 Å². The van der Waals surface area contributed by atoms with Crippen LogP contribution in [-0.4, -0.2) is 12.9 Å². The van der Waals surface area contributed by atoms with Crippen molar-refractivity contribution >= 4 is 11.9 Å². The maximum Gasteiger partial charge on any atom is 0.231 e. The Balaban J connectivity index is 1.54. The molecule has 9 heteroatoms. The van der Waals surface area contributed by atoms with Gasteiger partial charge in [0.1, 0.15) is 23.9 Å². The second-order valence-corrected chi connectivity index (χ2v) is 6.71. The lowest BCUT2D eigenvalue weighted by molar-refractivity contribution is 0.101. The van der Waals surface area contributed by atoms with Crippen LogP contribution in [-0.2, 0) is 6.61 Å². The molecule has 0 radical (unpaired) electrons. The predicted octanol–water partition coefficient (Wildman–Crippen LogP) is 5.59. The Hall–Kier alpha value is -3.88. The largest absolute Gasteiger partial charge is 0.497 e. The van der Waals surface area contributed by atoms with Crippen LogP contribution < -0.4 is 14.2 Å². The van der Waals surface area contributed by atoms with Crippen molar-refractivity contribution < 1.29 is 41.0 Å². The fourth-order valence-corrected chi connectivity index (χ4v) is 3.04. The van der Waals surface area contributed by atoms with Gasteiger partial charge in [-0.1, -0.05) is 12.1 Å². The first-order chi connectivity index (χ1) is 15.3. The van der Waals surface area contributed by atoms with E-state index in [9.17, 15) is 26.7 Å². The topological polar surface area (TPSA) is 44.8 Å². The first-order valence-corrected chi connectivity index (χ1v) is 9.15. The van der Waals surface area contributed by atoms with Crippen molar-refractivity contribution in [2.24, 2.45) is 0 Å². The molecule has 0 aromatic heterocycles. The second-order valence-electron chi connectivity index (χ2n) is 6.71. The van der Waals surface area contributed by atoms with Crippen LogP contribution in [0.25, 0.3) is 6.08 Å². The van der Waals surface area contributed by atoms with E-state index in [1.54, 1.807) is 24.3 Å². The molecular formula is C23H13F5O4. The van der Waals surface area contributed by atoms with Crippen LogP contribution in [0.4, 0.5) is 22.0 Å². The van der Waals surface area contributed by atoms with Crippen molar-refractivity contribution in [3.63, 3.8) is 0 Å². The Morgan fingerprint density at radius 1 is 0.844 bits per heavy atom. The van der Waals surface area contributed by atoms with Crippen LogP contribution in [0.15, 0.2) is 48.2 Å². The minimum absolute atomic E-state index is 0.00573. The van der Waals surface area contributed by atoms with Crippen molar-refractivity contribution in [3.05, 3.63) is 94.0 Å². The van der Waals surface area contributed by atoms with E-state index in [-0.39, 0.29) is 28.6 Å². The molecule has 4 rings (SSSR count). The highest BCUT2D eigenvalue weighted by atomic mass is 19.2. The number of carbonyl (C=O) groups excluding carboxylic acids is 1. The summed E-state index contributed by atoms with van der Waals surface area (Å²) in [5, 5.41) is 0. The number of ether oxygens (including phenoxy) is 3. The Morgan fingerprint density at radius 2 is 1.44 bits per heavy atom. The standard InChI is InChI=1S/C23H13F5O4/c1-30-12-4-2-11(3-5-12)8-17-23(29)14-7-6-13(9-16(14)32-17)31-10-15-18(24)20(26)22(28)21(27)19(15)25/h2-9H,10H2,1H3/b17-8-. The van der Waals surface area contributed by atoms with Gasteiger partial charge in [0, 0.05) is 6.07 Å². The third-order valence-electron chi connectivity index (χ3n) is 4.74. The molecule has 1 aliphatic heterocycles. The fourth-order valence-electron chi connectivity index (χ4n) is 3.04. The maximum atomic E-state index is 13.8. The highest BCUT2D eigenvalue weighted by Gasteiger charge is 2.29. The molecule has 0 bridgehead atoms. The molecule has 4 nitrogen and oxygen atoms in total. The quantitative estimate of drug-likeness (QED) is 0.221. The van der Waals surface area contributed by atoms with Crippen molar-refractivity contribution in [1.29, 1.82) is 0 Å². The van der Waals surface area contributed by atoms with Crippen LogP contribution in [0.1, 0.15) is 21.5 Å². The lowest BCUT2D eigenvalue weighted by Gasteiger charge is -2.10. The number of ketones is 1. The van der Waals surface area contributed by atoms with E-state index < -0.39 is 41.3 Å². The van der Waals surface area contributed by atoms with E-state index >= 15 is 0 Å². The summed E-state index contributed by atoms with van der Waals surface area (Å²) in [6.07, 6.45) is 1.52. The van der Waals surface area contributed by atoms with Crippen LogP contribution in [0.3, 0.4) is 0 Å². The predicted molar refractivity (Wildman–Crippen MR) is 103 cm³/mol. The molecule has 0 aliphatic carbocycles. The van der Waals surface area contributed by atoms with Gasteiger partial charge in [0.15, 0.2) is 29.0 Å². The van der Waals surface area contributed by atoms with Gasteiger partial charge >= 0.3 is 0 Å². The Bertz CT molecular complexity index is 1220. The van der Waals surface area contributed by atoms with Crippen molar-refractivity contribution in [3.8, 4) is 17.2 Å². The molecule has 1 heterocycles. The average Bonchev–Trinajstić information content (AvgIpc) is 3.11. The maximum absolute atomic E-state index is 13.8. The summed E-state index contributed by atoms with van der Waals surface area (Å²) in [6.45, 7) is -0.924. The molecule has 0 unspecified atom stereocenters. The number of hydrogen-bond donors (Lipinski definition) is 0. The minimum atomic E-state index is -2.25. The summed E-state index contributed by atoms with van der Waals surface area (Å²) in [5.74, 6) is -9.87. The van der Waals surface area contributed by atoms with Gasteiger partial charge in [0.25, 0.3) is 0 Å². The number of carbonyl (C=O) groups is 1. The van der Waals surface area contributed by atoms with E-state index in [2.05, 4.69) is 0 Å². The number of hydrogen-bond acceptors (Lipinski definition) is 4. The van der Waals surface area contributed by atoms with Crippen LogP contribution >= 0.6 is 0 Å². The molecule has 0 atom stereocenters. The lowest BCUT2D eigenvalue weighted by atomic mass is 10.1. The number of allylic oxidation sites excluding steroid dienone is 1. The van der Waals surface area contributed by atoms with Crippen LogP contribution in [0.2, 0.25) is 0 Å². The van der Waals surface area contributed by atoms with Gasteiger partial charge in [-0.3, -0.25) is 4.79 Å². The summed E-state index contributed by atoms with van der Waals surface area (Å²) < 4.78 is 83.2. The third-order valence-corrected chi connectivity index (χ3v) is 4.74. The number of methoxy groups -OCH3 is 1. The highest BCUT2D eigenvalue weighted by Crippen LogP contribution is 2.35. The Kier molecular flexibility index (Phi) is 5.56. The zero-order chi connectivity index (χ0) is 23.0. The lowest BCUT2D eigenvalue weighted by Crippen LogP contribution is -2.09. The first-order valence-electron chi connectivity index (χ1n) is 9.15. The van der Waals surface area contributed by atoms with E-state index in [4.69, 9.17) is 14.2 Å². The number of halogens is 5. The second kappa shape index (κ2) is 8.33. The van der Waals surface area contributed by atoms with Crippen molar-refractivity contribution in [2.45, 2.75) is 6.61 Å². The van der Waals surface area contributed by atoms with E-state index in [1.165, 1.54) is 31.4 Å². The molecular weight excluding hydrogens is 435 g/mol. The molecule has 0 saturated carbocycles. The van der Waals surface area contributed by atoms with Gasteiger partial charge in [-0.2, -0.15) is 0 Å². The smallest absolute Gasteiger partial charge is 0.231 e. The Labute approximate surface area is 178 Å². The fraction of sp³-hybridized carbons (Fsp3) is 0.0870. The van der Waals surface area contributed by atoms with E-state index in [0.717, 1.165) is 0 Å². The third kappa shape index (κ3) is 3.77. The van der Waals surface area contributed by atoms with Gasteiger partial charge in [-0.15, -0.1) is 0 Å². The summed E-state index contributed by atoms with van der Waals surface area (Å²) >= 11 is 0. The molecule has 0 saturated heterocycles. The monoisotopic (exact) mass is 448 g/mol. The van der Waals surface area contributed by atoms with Gasteiger partial charge in [-0.25, -0.2) is 22.0 Å². The molecule has 0 fully saturated rings. The molecule has 0 N–H and O–H groups in total. The molecule has 32 heavy (non-hydrogen) atoms. The van der Waals surface area contributed by atoms with Crippen LogP contribution in [0, 0.1) is 29.1 Å². The Morgan fingerprint density at radius 3 is 2.06 bits per heavy atom. The van der Waals surface area contributed by atoms with Gasteiger partial charge in [0.2, 0.25) is 11.6 Å². The highest BCUT2D eigenvalue weighted by molar-refractivity contribution is 6.14. The summed E-state index contributed by atoms with van der Waals surface area (Å²) in [4.78, 5) is 12.5. The minimum Gasteiger partial charge on any atom is -0.497 e. The molecule has 164 valence electrons. The normalized spacial score (nSPS) is 13.8. The number of rotatable bonds is 5. The van der Waals surface area contributed by atoms with Crippen molar-refractivity contribution in [2.75, 3.05) is 7.11 Å². The zero-order valence-electron chi connectivity index (χ0n) is 16.3. The van der Waals surface area contributed by atoms with Crippen LogP contribution in [0.5, 0.6) is 17.2 Å². The summed E-state index contributed by atoms with van der Waals surface area (Å²) in [5.41, 5.74) is -0.197. The molecule has 0 amide bonds. The molecule has 3 aromatic carbocycles. The van der Waals surface area contributed by atoms with Crippen molar-refractivity contribution in [1.82, 2.24) is 0 Å². The zero-order valence-corrected chi connectivity index (χ0v) is 16.3. The molecule has 1 aliphatic rings. The molecule has 3 aromatic rings. The first kappa shape index (κ1) is 21.4. The van der Waals surface area contributed by atoms with Gasteiger partial charge in [-0.05, 0) is 35.9 Å². The average molecular weight is 448 g/mol. The van der Waals surface area contributed by atoms with E-state index in [0.29, 0.717) is 11.3 Å². The summed E-state index contributed by atoms with van der Waals surface area (Å²) in [7, 11) is 1.53. The number of fused-ring (bicyclic) bond motifs is 1. The van der Waals surface area contributed by atoms with E-state index in [1.807, 2.05) is 0 Å². The number of Topliss-reactive ketones (excluding diaryl/α,β-unsaturated/α-hetero) is 1.